The summed E-state index contributed by atoms with van der Waals surface area (Å²) >= 11 is 0. The fourth-order valence-electron chi connectivity index (χ4n) is 3.89. The topological polar surface area (TPSA) is 43.1 Å². The first-order valence-corrected chi connectivity index (χ1v) is 8.15. The number of nitrogens with one attached hydrogen (secondary N) is 1. The van der Waals surface area contributed by atoms with Gasteiger partial charge in [-0.2, -0.15) is 0 Å². The largest absolute Gasteiger partial charge is 0.385 e. The van der Waals surface area contributed by atoms with E-state index in [1.807, 2.05) is 0 Å². The molecule has 1 saturated heterocycles. The molecular formula is C16H32NO3+. The van der Waals surface area contributed by atoms with Gasteiger partial charge in [-0.15, -0.1) is 0 Å². The smallest absolute Gasteiger partial charge is 0.126 e. The number of hydrogen-bond acceptors (Lipinski definition) is 3. The second kappa shape index (κ2) is 7.21. The van der Waals surface area contributed by atoms with Gasteiger partial charge in [0.05, 0.1) is 25.9 Å². The minimum absolute atomic E-state index is 0.322. The highest BCUT2D eigenvalue weighted by molar-refractivity contribution is 4.83. The Kier molecular flexibility index (Phi) is 5.84. The van der Waals surface area contributed by atoms with Crippen LogP contribution in [-0.4, -0.2) is 56.8 Å². The number of hydrogen-bond donors (Lipinski definition) is 2. The molecule has 0 aromatic carbocycles. The van der Waals surface area contributed by atoms with Crippen molar-refractivity contribution < 1.29 is 19.5 Å². The monoisotopic (exact) mass is 286 g/mol. The summed E-state index contributed by atoms with van der Waals surface area (Å²) in [5.74, 6) is 0.728. The molecule has 4 nitrogen and oxygen atoms in total. The molecule has 0 unspecified atom stereocenters. The standard InChI is InChI=1S/C16H31NO3/c1-13-8-15(10-16(2,3)9-13)20-12-14(18)11-17-4-6-19-7-5-17/h13-15,18H,4-12H2,1-3H3/p+1/t13-,14-,15-/m1/s1. The molecule has 0 bridgehead atoms. The lowest BCUT2D eigenvalue weighted by Gasteiger charge is -2.39. The average molecular weight is 286 g/mol. The molecule has 4 heteroatoms. The zero-order chi connectivity index (χ0) is 14.6. The molecule has 0 aromatic rings. The van der Waals surface area contributed by atoms with Gasteiger partial charge in [0.2, 0.25) is 0 Å². The van der Waals surface area contributed by atoms with Crippen LogP contribution in [0.15, 0.2) is 0 Å². The fraction of sp³-hybridized carbons (Fsp3) is 1.00. The molecule has 2 aliphatic rings. The lowest BCUT2D eigenvalue weighted by Crippen LogP contribution is -3.15. The van der Waals surface area contributed by atoms with E-state index < -0.39 is 0 Å². The summed E-state index contributed by atoms with van der Waals surface area (Å²) < 4.78 is 11.3. The number of rotatable bonds is 5. The van der Waals surface area contributed by atoms with Crippen LogP contribution in [0.5, 0.6) is 0 Å². The van der Waals surface area contributed by atoms with E-state index in [9.17, 15) is 5.11 Å². The van der Waals surface area contributed by atoms with Crippen LogP contribution in [0.2, 0.25) is 0 Å². The third-order valence-corrected chi connectivity index (χ3v) is 4.60. The Bertz CT molecular complexity index is 289. The van der Waals surface area contributed by atoms with E-state index in [0.717, 1.165) is 51.6 Å². The molecular weight excluding hydrogens is 254 g/mol. The molecule has 2 rings (SSSR count). The van der Waals surface area contributed by atoms with Gasteiger partial charge in [-0.1, -0.05) is 20.8 Å². The highest BCUT2D eigenvalue weighted by Gasteiger charge is 2.33. The molecule has 1 saturated carbocycles. The first-order valence-electron chi connectivity index (χ1n) is 8.15. The van der Waals surface area contributed by atoms with Gasteiger partial charge >= 0.3 is 0 Å². The summed E-state index contributed by atoms with van der Waals surface area (Å²) in [5.41, 5.74) is 0.378. The van der Waals surface area contributed by atoms with Gasteiger partial charge in [0.15, 0.2) is 0 Å². The lowest BCUT2D eigenvalue weighted by molar-refractivity contribution is -0.911. The van der Waals surface area contributed by atoms with Crippen molar-refractivity contribution >= 4 is 0 Å². The van der Waals surface area contributed by atoms with Crippen molar-refractivity contribution in [2.24, 2.45) is 11.3 Å². The molecule has 1 aliphatic carbocycles. The maximum Gasteiger partial charge on any atom is 0.126 e. The SMILES string of the molecule is C[C@@H]1C[C@@H](OC[C@H](O)C[NH+]2CCOCC2)CC(C)(C)C1. The second-order valence-corrected chi connectivity index (χ2v) is 7.59. The van der Waals surface area contributed by atoms with Crippen molar-refractivity contribution in [3.8, 4) is 0 Å². The van der Waals surface area contributed by atoms with Crippen molar-refractivity contribution in [3.63, 3.8) is 0 Å². The minimum atomic E-state index is -0.344. The molecule has 1 aliphatic heterocycles. The predicted octanol–water partition coefficient (Wildman–Crippen LogP) is 0.494. The van der Waals surface area contributed by atoms with Crippen molar-refractivity contribution in [2.75, 3.05) is 39.5 Å². The highest BCUT2D eigenvalue weighted by Crippen LogP contribution is 2.39. The summed E-state index contributed by atoms with van der Waals surface area (Å²) in [6.07, 6.45) is 3.52. The van der Waals surface area contributed by atoms with Crippen LogP contribution in [0.1, 0.15) is 40.0 Å². The van der Waals surface area contributed by atoms with E-state index in [4.69, 9.17) is 9.47 Å². The Hall–Kier alpha value is -0.160. The zero-order valence-electron chi connectivity index (χ0n) is 13.4. The minimum Gasteiger partial charge on any atom is -0.385 e. The average Bonchev–Trinajstić information content (AvgIpc) is 2.35. The van der Waals surface area contributed by atoms with Crippen LogP contribution in [0.3, 0.4) is 0 Å². The molecule has 0 aromatic heterocycles. The van der Waals surface area contributed by atoms with E-state index in [2.05, 4.69) is 20.8 Å². The summed E-state index contributed by atoms with van der Waals surface area (Å²) in [6, 6.07) is 0. The van der Waals surface area contributed by atoms with E-state index in [1.165, 1.54) is 11.3 Å². The van der Waals surface area contributed by atoms with E-state index >= 15 is 0 Å². The first kappa shape index (κ1) is 16.2. The first-order chi connectivity index (χ1) is 9.44. The normalized spacial score (nSPS) is 33.0. The van der Waals surface area contributed by atoms with Crippen LogP contribution >= 0.6 is 0 Å². The quantitative estimate of drug-likeness (QED) is 0.773. The Labute approximate surface area is 123 Å². The maximum atomic E-state index is 10.1. The van der Waals surface area contributed by atoms with Gasteiger partial charge in [0, 0.05) is 0 Å². The number of quaternary nitrogens is 1. The van der Waals surface area contributed by atoms with Crippen LogP contribution < -0.4 is 4.90 Å². The van der Waals surface area contributed by atoms with Gasteiger partial charge in [-0.25, -0.2) is 0 Å². The summed E-state index contributed by atoms with van der Waals surface area (Å²) in [4.78, 5) is 1.43. The van der Waals surface area contributed by atoms with Crippen molar-refractivity contribution in [1.82, 2.24) is 0 Å². The predicted molar refractivity (Wildman–Crippen MR) is 78.9 cm³/mol. The van der Waals surface area contributed by atoms with Crippen molar-refractivity contribution in [1.29, 1.82) is 0 Å². The third-order valence-electron chi connectivity index (χ3n) is 4.60. The molecule has 1 heterocycles. The summed E-state index contributed by atoms with van der Waals surface area (Å²) in [5, 5.41) is 10.1. The molecule has 118 valence electrons. The van der Waals surface area contributed by atoms with Crippen molar-refractivity contribution in [3.05, 3.63) is 0 Å². The summed E-state index contributed by atoms with van der Waals surface area (Å²) in [7, 11) is 0. The van der Waals surface area contributed by atoms with Gasteiger partial charge < -0.3 is 19.5 Å². The van der Waals surface area contributed by atoms with Gasteiger partial charge in [0.1, 0.15) is 25.7 Å². The van der Waals surface area contributed by atoms with Gasteiger partial charge in [-0.3, -0.25) is 0 Å². The second-order valence-electron chi connectivity index (χ2n) is 7.59. The third kappa shape index (κ3) is 5.32. The number of morpholine rings is 1. The van der Waals surface area contributed by atoms with Crippen LogP contribution in [-0.2, 0) is 9.47 Å². The molecule has 20 heavy (non-hydrogen) atoms. The molecule has 0 amide bonds. The van der Waals surface area contributed by atoms with E-state index in [1.54, 1.807) is 0 Å². The summed E-state index contributed by atoms with van der Waals surface area (Å²) in [6.45, 7) is 11.9. The molecule has 3 atom stereocenters. The van der Waals surface area contributed by atoms with E-state index in [-0.39, 0.29) is 6.10 Å². The van der Waals surface area contributed by atoms with Crippen LogP contribution in [0, 0.1) is 11.3 Å². The Morgan fingerprint density at radius 1 is 1.30 bits per heavy atom. The highest BCUT2D eigenvalue weighted by atomic mass is 16.5. The van der Waals surface area contributed by atoms with Gasteiger partial charge in [0.25, 0.3) is 0 Å². The number of aliphatic hydroxyl groups excluding tert-OH is 1. The Morgan fingerprint density at radius 3 is 2.65 bits per heavy atom. The van der Waals surface area contributed by atoms with Gasteiger partial charge in [-0.05, 0) is 30.6 Å². The zero-order valence-corrected chi connectivity index (χ0v) is 13.4. The molecule has 2 fully saturated rings. The van der Waals surface area contributed by atoms with E-state index in [0.29, 0.717) is 18.1 Å². The van der Waals surface area contributed by atoms with Crippen LogP contribution in [0.4, 0.5) is 0 Å². The Morgan fingerprint density at radius 2 is 2.00 bits per heavy atom. The van der Waals surface area contributed by atoms with Crippen molar-refractivity contribution in [2.45, 2.75) is 52.2 Å². The number of aliphatic hydroxyl groups is 1. The fourth-order valence-corrected chi connectivity index (χ4v) is 3.89. The van der Waals surface area contributed by atoms with Crippen LogP contribution in [0.25, 0.3) is 0 Å². The molecule has 0 spiro atoms. The molecule has 0 radical (unpaired) electrons. The number of ether oxygens (including phenoxy) is 2. The molecule has 2 N–H and O–H groups in total. The lowest BCUT2D eigenvalue weighted by atomic mass is 9.71. The maximum absolute atomic E-state index is 10.1. The Balaban J connectivity index is 1.68.